The molecule has 5 heteroatoms. The fourth-order valence-corrected chi connectivity index (χ4v) is 2.54. The highest BCUT2D eigenvalue weighted by molar-refractivity contribution is 5.77. The number of hydrogen-bond donors (Lipinski definition) is 1. The van der Waals surface area contributed by atoms with Gasteiger partial charge in [0.1, 0.15) is 0 Å². The van der Waals surface area contributed by atoms with Crippen LogP contribution in [0.2, 0.25) is 0 Å². The van der Waals surface area contributed by atoms with Crippen molar-refractivity contribution in [3.8, 4) is 0 Å². The summed E-state index contributed by atoms with van der Waals surface area (Å²) in [6, 6.07) is 10.2. The molecule has 1 N–H and O–H groups in total. The molecule has 0 bridgehead atoms. The molecule has 1 aromatic carbocycles. The normalized spacial score (nSPS) is 24.4. The Hall–Kier alpha value is -1.43. The van der Waals surface area contributed by atoms with E-state index in [1.165, 1.54) is 0 Å². The number of nitrogens with one attached hydrogen (secondary N) is 1. The molecule has 5 nitrogen and oxygen atoms in total. The van der Waals surface area contributed by atoms with E-state index in [4.69, 9.17) is 4.84 Å². The minimum absolute atomic E-state index is 0.0568. The Morgan fingerprint density at radius 1 is 1.20 bits per heavy atom. The van der Waals surface area contributed by atoms with Gasteiger partial charge >= 0.3 is 0 Å². The predicted molar refractivity (Wildman–Crippen MR) is 79.4 cm³/mol. The number of hydroxylamine groups is 1. The average Bonchev–Trinajstić information content (AvgIpc) is 2.97. The van der Waals surface area contributed by atoms with Crippen LogP contribution in [0, 0.1) is 0 Å². The van der Waals surface area contributed by atoms with E-state index in [-0.39, 0.29) is 6.17 Å². The second-order valence-electron chi connectivity index (χ2n) is 5.45. The molecule has 1 atom stereocenters. The van der Waals surface area contributed by atoms with Gasteiger partial charge in [-0.05, 0) is 12.6 Å². The third kappa shape index (κ3) is 3.36. The third-order valence-corrected chi connectivity index (χ3v) is 3.91. The van der Waals surface area contributed by atoms with E-state index < -0.39 is 0 Å². The molecule has 0 radical (unpaired) electrons. The summed E-state index contributed by atoms with van der Waals surface area (Å²) in [5, 5.41) is 0. The molecular weight excluding hydrogens is 252 g/mol. The topological polar surface area (TPSA) is 40.1 Å². The number of piperazine rings is 1. The lowest BCUT2D eigenvalue weighted by Crippen LogP contribution is -2.45. The number of nitrogens with zero attached hydrogens (tertiary/aromatic N) is 3. The maximum absolute atomic E-state index is 5.50. The quantitative estimate of drug-likeness (QED) is 0.897. The molecule has 1 saturated heterocycles. The lowest BCUT2D eigenvalue weighted by molar-refractivity contribution is 0.147. The van der Waals surface area contributed by atoms with Crippen molar-refractivity contribution in [2.24, 2.45) is 4.99 Å². The van der Waals surface area contributed by atoms with Crippen LogP contribution in [0.5, 0.6) is 0 Å². The van der Waals surface area contributed by atoms with E-state index in [1.54, 1.807) is 0 Å². The summed E-state index contributed by atoms with van der Waals surface area (Å²) in [4.78, 5) is 14.9. The first-order valence-corrected chi connectivity index (χ1v) is 7.26. The lowest BCUT2D eigenvalue weighted by Gasteiger charge is -2.32. The van der Waals surface area contributed by atoms with Crippen LogP contribution >= 0.6 is 0 Å². The molecule has 0 amide bonds. The SMILES string of the molecule is CN1CCN(CCC2=N[C@@H](c3ccccc3)NO2)CC1. The number of rotatable bonds is 4. The zero-order valence-corrected chi connectivity index (χ0v) is 12.0. The van der Waals surface area contributed by atoms with E-state index in [0.717, 1.165) is 50.6 Å². The molecule has 0 unspecified atom stereocenters. The first-order valence-electron chi connectivity index (χ1n) is 7.26. The molecule has 0 aliphatic carbocycles. The number of hydrogen-bond acceptors (Lipinski definition) is 5. The van der Waals surface area contributed by atoms with Gasteiger partial charge < -0.3 is 14.6 Å². The second kappa shape index (κ2) is 6.35. The van der Waals surface area contributed by atoms with Crippen molar-refractivity contribution in [2.45, 2.75) is 12.6 Å². The van der Waals surface area contributed by atoms with Crippen LogP contribution in [0.15, 0.2) is 35.3 Å². The molecule has 0 spiro atoms. The highest BCUT2D eigenvalue weighted by Crippen LogP contribution is 2.19. The monoisotopic (exact) mass is 274 g/mol. The Labute approximate surface area is 120 Å². The fourth-order valence-electron chi connectivity index (χ4n) is 2.54. The van der Waals surface area contributed by atoms with E-state index in [1.807, 2.05) is 18.2 Å². The molecule has 0 aromatic heterocycles. The van der Waals surface area contributed by atoms with E-state index in [2.05, 4.69) is 39.5 Å². The average molecular weight is 274 g/mol. The molecule has 20 heavy (non-hydrogen) atoms. The Morgan fingerprint density at radius 2 is 1.95 bits per heavy atom. The van der Waals surface area contributed by atoms with Crippen LogP contribution in [0.4, 0.5) is 0 Å². The van der Waals surface area contributed by atoms with Gasteiger partial charge in [0.2, 0.25) is 5.90 Å². The standard InChI is InChI=1S/C15H22N4O/c1-18-9-11-19(12-10-18)8-7-14-16-15(17-20-14)13-5-3-2-4-6-13/h2-6,15,17H,7-12H2,1H3/t15-/m1/s1. The number of aliphatic imine (C=N–C) groups is 1. The first kappa shape index (κ1) is 13.5. The maximum atomic E-state index is 5.50. The molecule has 2 aliphatic heterocycles. The van der Waals surface area contributed by atoms with Crippen molar-refractivity contribution in [3.63, 3.8) is 0 Å². The van der Waals surface area contributed by atoms with Gasteiger partial charge in [0.05, 0.1) is 0 Å². The molecule has 0 saturated carbocycles. The molecule has 2 heterocycles. The molecular formula is C15H22N4O. The summed E-state index contributed by atoms with van der Waals surface area (Å²) in [5.74, 6) is 0.817. The van der Waals surface area contributed by atoms with E-state index in [0.29, 0.717) is 0 Å². The van der Waals surface area contributed by atoms with Gasteiger partial charge in [0.25, 0.3) is 0 Å². The summed E-state index contributed by atoms with van der Waals surface area (Å²) in [6.45, 7) is 5.60. The zero-order valence-electron chi connectivity index (χ0n) is 12.0. The van der Waals surface area contributed by atoms with Crippen LogP contribution < -0.4 is 5.48 Å². The Morgan fingerprint density at radius 3 is 2.70 bits per heavy atom. The molecule has 3 rings (SSSR count). The van der Waals surface area contributed by atoms with Crippen molar-refractivity contribution < 1.29 is 4.84 Å². The molecule has 2 aliphatic rings. The van der Waals surface area contributed by atoms with Crippen molar-refractivity contribution in [2.75, 3.05) is 39.8 Å². The second-order valence-corrected chi connectivity index (χ2v) is 5.45. The van der Waals surface area contributed by atoms with Gasteiger partial charge in [-0.3, -0.25) is 0 Å². The summed E-state index contributed by atoms with van der Waals surface area (Å²) < 4.78 is 0. The summed E-state index contributed by atoms with van der Waals surface area (Å²) in [5.41, 5.74) is 4.13. The highest BCUT2D eigenvalue weighted by atomic mass is 16.7. The van der Waals surface area contributed by atoms with Crippen LogP contribution in [-0.4, -0.2) is 55.5 Å². The molecule has 1 fully saturated rings. The molecule has 108 valence electrons. The summed E-state index contributed by atoms with van der Waals surface area (Å²) >= 11 is 0. The zero-order chi connectivity index (χ0) is 13.8. The van der Waals surface area contributed by atoms with Gasteiger partial charge in [-0.2, -0.15) is 0 Å². The smallest absolute Gasteiger partial charge is 0.212 e. The van der Waals surface area contributed by atoms with Crippen molar-refractivity contribution >= 4 is 5.90 Å². The Balaban J connectivity index is 1.49. The van der Waals surface area contributed by atoms with E-state index >= 15 is 0 Å². The highest BCUT2D eigenvalue weighted by Gasteiger charge is 2.21. The Bertz CT molecular complexity index is 454. The molecule has 1 aromatic rings. The Kier molecular flexibility index (Phi) is 4.30. The van der Waals surface area contributed by atoms with E-state index in [9.17, 15) is 0 Å². The van der Waals surface area contributed by atoms with Crippen LogP contribution in [0.1, 0.15) is 18.2 Å². The first-order chi connectivity index (χ1) is 9.81. The predicted octanol–water partition coefficient (Wildman–Crippen LogP) is 1.26. The van der Waals surface area contributed by atoms with Crippen molar-refractivity contribution in [1.29, 1.82) is 0 Å². The maximum Gasteiger partial charge on any atom is 0.212 e. The summed E-state index contributed by atoms with van der Waals surface area (Å²) in [6.07, 6.45) is 0.818. The van der Waals surface area contributed by atoms with Gasteiger partial charge in [-0.1, -0.05) is 30.3 Å². The third-order valence-electron chi connectivity index (χ3n) is 3.91. The minimum Gasteiger partial charge on any atom is -0.391 e. The minimum atomic E-state index is -0.0568. The van der Waals surface area contributed by atoms with Crippen LogP contribution in [-0.2, 0) is 4.84 Å². The van der Waals surface area contributed by atoms with Crippen LogP contribution in [0.25, 0.3) is 0 Å². The largest absolute Gasteiger partial charge is 0.391 e. The van der Waals surface area contributed by atoms with Crippen molar-refractivity contribution in [1.82, 2.24) is 15.3 Å². The fraction of sp³-hybridized carbons (Fsp3) is 0.533. The van der Waals surface area contributed by atoms with Gasteiger partial charge in [-0.25, -0.2) is 4.99 Å². The van der Waals surface area contributed by atoms with Gasteiger partial charge in [0.15, 0.2) is 6.17 Å². The lowest BCUT2D eigenvalue weighted by atomic mass is 10.2. The van der Waals surface area contributed by atoms with Crippen LogP contribution in [0.3, 0.4) is 0 Å². The van der Waals surface area contributed by atoms with Gasteiger partial charge in [-0.15, -0.1) is 5.48 Å². The summed E-state index contributed by atoms with van der Waals surface area (Å²) in [7, 11) is 2.18. The number of likely N-dealkylation sites (N-methyl/N-ethyl adjacent to an activating group) is 1. The number of benzene rings is 1. The van der Waals surface area contributed by atoms with Gasteiger partial charge in [0, 0.05) is 39.1 Å². The van der Waals surface area contributed by atoms with Crippen molar-refractivity contribution in [3.05, 3.63) is 35.9 Å².